The van der Waals surface area contributed by atoms with Gasteiger partial charge < -0.3 is 9.13 Å². The van der Waals surface area contributed by atoms with Gasteiger partial charge in [-0.05, 0) is 36.1 Å². The van der Waals surface area contributed by atoms with Crippen LogP contribution in [0.15, 0.2) is 71.9 Å². The minimum absolute atomic E-state index is 0.125. The molecule has 156 valence electrons. The van der Waals surface area contributed by atoms with Crippen LogP contribution >= 0.6 is 0 Å². The Kier molecular flexibility index (Phi) is 4.32. The Labute approximate surface area is 181 Å². The molecule has 0 N–H and O–H groups in total. The van der Waals surface area contributed by atoms with Crippen LogP contribution in [0.3, 0.4) is 0 Å². The number of piperidine rings is 1. The zero-order valence-corrected chi connectivity index (χ0v) is 17.7. The smallest absolute Gasteiger partial charge is 0.250 e. The number of benzene rings is 1. The van der Waals surface area contributed by atoms with E-state index in [1.54, 1.807) is 12.3 Å². The normalized spacial score (nSPS) is 20.7. The maximum absolute atomic E-state index is 12.7. The maximum atomic E-state index is 12.7. The molecule has 5 heterocycles. The molecule has 1 aromatic carbocycles. The van der Waals surface area contributed by atoms with Crippen molar-refractivity contribution in [1.82, 2.24) is 19.0 Å². The zero-order valence-electron chi connectivity index (χ0n) is 17.7. The lowest BCUT2D eigenvalue weighted by atomic mass is 9.80. The zero-order chi connectivity index (χ0) is 20.9. The van der Waals surface area contributed by atoms with E-state index in [0.29, 0.717) is 11.8 Å². The Balaban J connectivity index is 1.36. The molecule has 0 spiro atoms. The first-order valence-corrected chi connectivity index (χ1v) is 11.1. The quantitative estimate of drug-likeness (QED) is 0.512. The number of para-hydroxylation sites is 1. The maximum Gasteiger partial charge on any atom is 0.250 e. The van der Waals surface area contributed by atoms with Crippen LogP contribution in [0.25, 0.3) is 22.0 Å². The van der Waals surface area contributed by atoms with E-state index in [4.69, 9.17) is 0 Å². The highest BCUT2D eigenvalue weighted by Gasteiger charge is 2.36. The summed E-state index contributed by atoms with van der Waals surface area (Å²) in [6.45, 7) is 3.79. The van der Waals surface area contributed by atoms with Crippen molar-refractivity contribution in [2.24, 2.45) is 13.0 Å². The Bertz CT molecular complexity index is 1320. The van der Waals surface area contributed by atoms with E-state index in [0.717, 1.165) is 43.7 Å². The molecule has 2 atom stereocenters. The third-order valence-corrected chi connectivity index (χ3v) is 7.01. The molecule has 0 saturated carbocycles. The van der Waals surface area contributed by atoms with E-state index in [1.807, 2.05) is 22.9 Å². The summed E-state index contributed by atoms with van der Waals surface area (Å²) >= 11 is 0. The highest BCUT2D eigenvalue weighted by atomic mass is 16.1. The van der Waals surface area contributed by atoms with Crippen LogP contribution in [0.5, 0.6) is 0 Å². The fourth-order valence-electron chi connectivity index (χ4n) is 5.80. The van der Waals surface area contributed by atoms with Crippen molar-refractivity contribution in [2.45, 2.75) is 25.4 Å². The first-order chi connectivity index (χ1) is 15.2. The van der Waals surface area contributed by atoms with Crippen LogP contribution in [-0.4, -0.2) is 32.1 Å². The van der Waals surface area contributed by atoms with Crippen LogP contribution in [0.2, 0.25) is 0 Å². The molecule has 2 aliphatic heterocycles. The number of hydrogen-bond donors (Lipinski definition) is 0. The lowest BCUT2D eigenvalue weighted by Gasteiger charge is -2.43. The van der Waals surface area contributed by atoms with E-state index in [2.05, 4.69) is 58.0 Å². The molecule has 2 bridgehead atoms. The van der Waals surface area contributed by atoms with Crippen LogP contribution in [0, 0.1) is 5.92 Å². The van der Waals surface area contributed by atoms with Crippen molar-refractivity contribution in [3.8, 4) is 11.1 Å². The van der Waals surface area contributed by atoms with Crippen LogP contribution in [-0.2, 0) is 20.1 Å². The van der Waals surface area contributed by atoms with E-state index in [-0.39, 0.29) is 5.56 Å². The second kappa shape index (κ2) is 7.20. The molecule has 6 rings (SSSR count). The van der Waals surface area contributed by atoms with E-state index >= 15 is 0 Å². The minimum Gasteiger partial charge on any atom is -0.350 e. The number of nitrogens with zero attached hydrogens (tertiary/aromatic N) is 4. The monoisotopic (exact) mass is 410 g/mol. The Morgan fingerprint density at radius 1 is 1.03 bits per heavy atom. The van der Waals surface area contributed by atoms with Crippen molar-refractivity contribution in [3.05, 3.63) is 88.7 Å². The molecule has 1 saturated heterocycles. The standard InChI is InChI=1S/C26H26N4O/c1-28-15-21(22-6-2-3-7-24(22)28)17-29-13-18-11-20(16-29)26-23(19-5-4-10-27-12-19)8-9-25(31)30(26)14-18/h2-10,12,15,18,20H,11,13-14,16-17H2,1H3. The number of hydrogen-bond acceptors (Lipinski definition) is 3. The van der Waals surface area contributed by atoms with Gasteiger partial charge >= 0.3 is 0 Å². The molecule has 31 heavy (non-hydrogen) atoms. The first-order valence-electron chi connectivity index (χ1n) is 11.1. The largest absolute Gasteiger partial charge is 0.350 e. The fourth-order valence-corrected chi connectivity index (χ4v) is 5.80. The van der Waals surface area contributed by atoms with E-state index in [9.17, 15) is 4.79 Å². The molecule has 0 amide bonds. The first kappa shape index (κ1) is 18.6. The van der Waals surface area contributed by atoms with Gasteiger partial charge in [-0.15, -0.1) is 0 Å². The van der Waals surface area contributed by atoms with E-state index in [1.165, 1.54) is 22.2 Å². The minimum atomic E-state index is 0.125. The summed E-state index contributed by atoms with van der Waals surface area (Å²) in [6, 6.07) is 16.4. The van der Waals surface area contributed by atoms with Gasteiger partial charge in [0, 0.05) is 91.5 Å². The molecular formula is C26H26N4O. The lowest BCUT2D eigenvalue weighted by molar-refractivity contribution is 0.115. The van der Waals surface area contributed by atoms with Gasteiger partial charge in [-0.1, -0.05) is 24.3 Å². The van der Waals surface area contributed by atoms with Crippen LogP contribution in [0.1, 0.15) is 23.6 Å². The summed E-state index contributed by atoms with van der Waals surface area (Å²) in [4.78, 5) is 19.6. The topological polar surface area (TPSA) is 43.1 Å². The summed E-state index contributed by atoms with van der Waals surface area (Å²) in [5, 5.41) is 1.34. The molecule has 3 aromatic heterocycles. The number of aryl methyl sites for hydroxylation is 1. The third kappa shape index (κ3) is 3.12. The van der Waals surface area contributed by atoms with Crippen molar-refractivity contribution in [3.63, 3.8) is 0 Å². The van der Waals surface area contributed by atoms with Gasteiger partial charge in [-0.25, -0.2) is 0 Å². The Morgan fingerprint density at radius 3 is 2.81 bits per heavy atom. The number of fused-ring (bicyclic) bond motifs is 5. The van der Waals surface area contributed by atoms with Crippen LogP contribution < -0.4 is 5.56 Å². The van der Waals surface area contributed by atoms with Gasteiger partial charge in [-0.2, -0.15) is 0 Å². The molecule has 0 aliphatic carbocycles. The predicted octanol–water partition coefficient (Wildman–Crippen LogP) is 4.02. The van der Waals surface area contributed by atoms with Gasteiger partial charge in [0.25, 0.3) is 5.56 Å². The highest BCUT2D eigenvalue weighted by molar-refractivity contribution is 5.83. The summed E-state index contributed by atoms with van der Waals surface area (Å²) in [6.07, 6.45) is 7.13. The number of rotatable bonds is 3. The second-order valence-corrected chi connectivity index (χ2v) is 9.10. The molecule has 1 fully saturated rings. The molecule has 2 unspecified atom stereocenters. The molecule has 0 radical (unpaired) electrons. The summed E-state index contributed by atoms with van der Waals surface area (Å²) in [5.41, 5.74) is 6.24. The van der Waals surface area contributed by atoms with Crippen molar-refractivity contribution in [2.75, 3.05) is 13.1 Å². The molecular weight excluding hydrogens is 384 g/mol. The van der Waals surface area contributed by atoms with Gasteiger partial charge in [0.15, 0.2) is 0 Å². The second-order valence-electron chi connectivity index (χ2n) is 9.10. The molecule has 2 aliphatic rings. The highest BCUT2D eigenvalue weighted by Crippen LogP contribution is 2.40. The lowest BCUT2D eigenvalue weighted by Crippen LogP contribution is -2.47. The number of pyridine rings is 2. The van der Waals surface area contributed by atoms with Gasteiger partial charge in [0.1, 0.15) is 0 Å². The van der Waals surface area contributed by atoms with Crippen LogP contribution in [0.4, 0.5) is 0 Å². The third-order valence-electron chi connectivity index (χ3n) is 7.01. The van der Waals surface area contributed by atoms with E-state index < -0.39 is 0 Å². The Morgan fingerprint density at radius 2 is 1.94 bits per heavy atom. The SMILES string of the molecule is Cn1cc(CN2CC3CC(C2)c2c(-c4cccnc4)ccc(=O)n2C3)c2ccccc21. The predicted molar refractivity (Wildman–Crippen MR) is 123 cm³/mol. The summed E-state index contributed by atoms with van der Waals surface area (Å²) in [7, 11) is 2.12. The van der Waals surface area contributed by atoms with Gasteiger partial charge in [0.2, 0.25) is 0 Å². The van der Waals surface area contributed by atoms with Gasteiger partial charge in [-0.3, -0.25) is 14.7 Å². The Hall–Kier alpha value is -3.18. The van der Waals surface area contributed by atoms with Crippen molar-refractivity contribution < 1.29 is 0 Å². The molecule has 4 aromatic rings. The number of aromatic nitrogens is 3. The average Bonchev–Trinajstić information content (AvgIpc) is 3.10. The summed E-state index contributed by atoms with van der Waals surface area (Å²) < 4.78 is 4.27. The van der Waals surface area contributed by atoms with Gasteiger partial charge in [0.05, 0.1) is 0 Å². The molecule has 5 heteroatoms. The fraction of sp³-hybridized carbons (Fsp3) is 0.308. The van der Waals surface area contributed by atoms with Crippen molar-refractivity contribution >= 4 is 10.9 Å². The number of likely N-dealkylation sites (tertiary alicyclic amines) is 1. The van der Waals surface area contributed by atoms with Crippen molar-refractivity contribution in [1.29, 1.82) is 0 Å². The average molecular weight is 411 g/mol. The summed E-state index contributed by atoms with van der Waals surface area (Å²) in [5.74, 6) is 0.884. The molecule has 5 nitrogen and oxygen atoms in total.